The van der Waals surface area contributed by atoms with E-state index in [1.165, 1.54) is 12.1 Å². The third kappa shape index (κ3) is 5.14. The lowest BCUT2D eigenvalue weighted by molar-refractivity contribution is -0.117. The van der Waals surface area contributed by atoms with Crippen LogP contribution in [-0.4, -0.2) is 17.3 Å². The van der Waals surface area contributed by atoms with Crippen LogP contribution in [0.25, 0.3) is 5.70 Å². The topological polar surface area (TPSA) is 32.3 Å². The van der Waals surface area contributed by atoms with E-state index < -0.39 is 16.2 Å². The fourth-order valence-corrected chi connectivity index (χ4v) is 5.48. The number of nitrogens with zero attached hydrogens (tertiary/aromatic N) is 1. The van der Waals surface area contributed by atoms with Gasteiger partial charge in [-0.2, -0.15) is 0 Å². The minimum Gasteiger partial charge on any atom is -0.345 e. The van der Waals surface area contributed by atoms with E-state index in [9.17, 15) is 9.18 Å². The molecule has 1 saturated carbocycles. The molecule has 182 valence electrons. The lowest BCUT2D eigenvalue weighted by Crippen LogP contribution is -2.18. The summed E-state index contributed by atoms with van der Waals surface area (Å²) in [5.41, 5.74) is 3.92. The highest BCUT2D eigenvalue weighted by atomic mass is 35.5. The number of anilines is 2. The number of aryl methyl sites for hydroxylation is 1. The Morgan fingerprint density at radius 3 is 2.31 bits per heavy atom. The first-order valence-electron chi connectivity index (χ1n) is 10.5. The summed E-state index contributed by atoms with van der Waals surface area (Å²) in [5.74, 6) is -1.80. The van der Waals surface area contributed by atoms with Crippen molar-refractivity contribution < 1.29 is 9.18 Å². The third-order valence-corrected chi connectivity index (χ3v) is 8.26. The predicted molar refractivity (Wildman–Crippen MR) is 146 cm³/mol. The number of hydrogen-bond acceptors (Lipinski definition) is 2. The van der Waals surface area contributed by atoms with E-state index >= 15 is 0 Å². The number of alkyl halides is 2. The minimum absolute atomic E-state index is 0.334. The third-order valence-electron chi connectivity index (χ3n) is 6.09. The summed E-state index contributed by atoms with van der Waals surface area (Å²) in [6, 6.07) is 14.6. The number of nitrogens with one attached hydrogen (secondary N) is 1. The van der Waals surface area contributed by atoms with Crippen molar-refractivity contribution in [3.8, 4) is 0 Å². The molecule has 1 aliphatic carbocycles. The smallest absolute Gasteiger partial charge is 0.231 e. The number of carbonyl (C=O) groups is 1. The van der Waals surface area contributed by atoms with Crippen LogP contribution in [0.1, 0.15) is 22.6 Å². The second kappa shape index (κ2) is 9.84. The lowest BCUT2D eigenvalue weighted by atomic mass is 10.1. The van der Waals surface area contributed by atoms with Gasteiger partial charge in [-0.25, -0.2) is 4.39 Å². The molecule has 1 fully saturated rings. The van der Waals surface area contributed by atoms with Gasteiger partial charge in [-0.1, -0.05) is 47.4 Å². The number of benzene rings is 3. The Bertz CT molecular complexity index is 1300. The summed E-state index contributed by atoms with van der Waals surface area (Å²) in [7, 11) is 1.79. The van der Waals surface area contributed by atoms with E-state index in [1.54, 1.807) is 48.3 Å². The summed E-state index contributed by atoms with van der Waals surface area (Å²) in [5, 5.41) is 4.15. The van der Waals surface area contributed by atoms with Crippen molar-refractivity contribution in [2.75, 3.05) is 17.3 Å². The van der Waals surface area contributed by atoms with E-state index in [4.69, 9.17) is 58.0 Å². The maximum atomic E-state index is 13.3. The van der Waals surface area contributed by atoms with Crippen molar-refractivity contribution in [1.29, 1.82) is 0 Å². The van der Waals surface area contributed by atoms with Crippen molar-refractivity contribution in [3.05, 3.63) is 98.8 Å². The van der Waals surface area contributed by atoms with E-state index in [0.29, 0.717) is 32.0 Å². The molecule has 9 heteroatoms. The maximum absolute atomic E-state index is 13.3. The Balaban J connectivity index is 1.54. The van der Waals surface area contributed by atoms with Gasteiger partial charge in [0, 0.05) is 35.6 Å². The van der Waals surface area contributed by atoms with Gasteiger partial charge in [-0.05, 0) is 66.6 Å². The molecule has 0 saturated heterocycles. The van der Waals surface area contributed by atoms with Crippen LogP contribution in [0.5, 0.6) is 0 Å². The largest absolute Gasteiger partial charge is 0.345 e. The molecule has 1 amide bonds. The van der Waals surface area contributed by atoms with Crippen molar-refractivity contribution in [2.24, 2.45) is 5.92 Å². The average molecular weight is 573 g/mol. The first kappa shape index (κ1) is 26.1. The standard InChI is InChI=1S/C26H20Cl5FN2O/c1-13-10-15(11-21(28)24(13)29)22-23(26(22,30)31)25(35)33-17-6-9-20(27)19(12-17)14(2)34(3)18-7-4-16(32)5-8-18/h4-12,22-23H,2H2,1,3H3,(H,33,35). The molecular formula is C26H20Cl5FN2O. The van der Waals surface area contributed by atoms with Crippen LogP contribution in [0.2, 0.25) is 15.1 Å². The average Bonchev–Trinajstić information content (AvgIpc) is 3.40. The Morgan fingerprint density at radius 1 is 1.03 bits per heavy atom. The summed E-state index contributed by atoms with van der Waals surface area (Å²) >= 11 is 31.8. The molecule has 3 nitrogen and oxygen atoms in total. The summed E-state index contributed by atoms with van der Waals surface area (Å²) in [6.07, 6.45) is 0. The Hall–Kier alpha value is -1.95. The van der Waals surface area contributed by atoms with Gasteiger partial charge in [0.05, 0.1) is 21.0 Å². The summed E-state index contributed by atoms with van der Waals surface area (Å²) < 4.78 is 12.0. The quantitative estimate of drug-likeness (QED) is 0.300. The molecule has 3 aromatic carbocycles. The number of halogens is 6. The Kier molecular flexibility index (Phi) is 7.34. The number of carbonyl (C=O) groups excluding carboxylic acids is 1. The monoisotopic (exact) mass is 570 g/mol. The van der Waals surface area contributed by atoms with Gasteiger partial charge in [0.1, 0.15) is 10.2 Å². The van der Waals surface area contributed by atoms with Crippen LogP contribution >= 0.6 is 58.0 Å². The zero-order valence-corrected chi connectivity index (χ0v) is 22.5. The zero-order valence-electron chi connectivity index (χ0n) is 18.7. The van der Waals surface area contributed by atoms with Crippen LogP contribution in [0.3, 0.4) is 0 Å². The van der Waals surface area contributed by atoms with Crippen LogP contribution in [-0.2, 0) is 4.79 Å². The molecule has 0 spiro atoms. The number of rotatable bonds is 6. The van der Waals surface area contributed by atoms with E-state index in [-0.39, 0.29) is 11.7 Å². The highest BCUT2D eigenvalue weighted by Crippen LogP contribution is 2.65. The van der Waals surface area contributed by atoms with Crippen molar-refractivity contribution in [2.45, 2.75) is 17.2 Å². The van der Waals surface area contributed by atoms with Gasteiger partial charge >= 0.3 is 0 Å². The van der Waals surface area contributed by atoms with E-state index in [1.807, 2.05) is 13.0 Å². The van der Waals surface area contributed by atoms with Gasteiger partial charge in [-0.3, -0.25) is 4.79 Å². The predicted octanol–water partition coefficient (Wildman–Crippen LogP) is 8.73. The van der Waals surface area contributed by atoms with Crippen LogP contribution < -0.4 is 10.2 Å². The van der Waals surface area contributed by atoms with Gasteiger partial charge in [0.25, 0.3) is 0 Å². The molecule has 1 aliphatic rings. The normalized spacial score (nSPS) is 18.2. The minimum atomic E-state index is -1.28. The van der Waals surface area contributed by atoms with E-state index in [0.717, 1.165) is 16.8 Å². The molecule has 0 bridgehead atoms. The molecule has 3 aromatic rings. The Morgan fingerprint density at radius 2 is 1.69 bits per heavy atom. The zero-order chi connectivity index (χ0) is 25.7. The lowest BCUT2D eigenvalue weighted by Gasteiger charge is -2.23. The maximum Gasteiger partial charge on any atom is 0.231 e. The van der Waals surface area contributed by atoms with Gasteiger partial charge in [-0.15, -0.1) is 23.2 Å². The first-order valence-corrected chi connectivity index (χ1v) is 12.4. The fourth-order valence-electron chi connectivity index (χ4n) is 4.05. The van der Waals surface area contributed by atoms with Crippen molar-refractivity contribution in [3.63, 3.8) is 0 Å². The van der Waals surface area contributed by atoms with E-state index in [2.05, 4.69) is 11.9 Å². The van der Waals surface area contributed by atoms with Gasteiger partial charge < -0.3 is 10.2 Å². The molecule has 2 atom stereocenters. The molecule has 0 heterocycles. The SMILES string of the molecule is C=C(c1cc(NC(=O)C2C(c3cc(C)c(Cl)c(Cl)c3)C2(Cl)Cl)ccc1Cl)N(C)c1ccc(F)cc1. The van der Waals surface area contributed by atoms with Crippen molar-refractivity contribution in [1.82, 2.24) is 0 Å². The molecule has 0 aromatic heterocycles. The Labute approximate surface area is 228 Å². The number of amides is 1. The molecule has 4 rings (SSSR count). The van der Waals surface area contributed by atoms with Crippen LogP contribution in [0.15, 0.2) is 61.2 Å². The van der Waals surface area contributed by atoms with Gasteiger partial charge in [0.15, 0.2) is 0 Å². The van der Waals surface area contributed by atoms with Crippen molar-refractivity contribution >= 4 is 81.0 Å². The molecule has 2 unspecified atom stereocenters. The molecular weight excluding hydrogens is 553 g/mol. The number of hydrogen-bond donors (Lipinski definition) is 1. The highest BCUT2D eigenvalue weighted by molar-refractivity contribution is 6.53. The molecule has 0 aliphatic heterocycles. The molecule has 35 heavy (non-hydrogen) atoms. The highest BCUT2D eigenvalue weighted by Gasteiger charge is 2.67. The summed E-state index contributed by atoms with van der Waals surface area (Å²) in [6.45, 7) is 5.94. The van der Waals surface area contributed by atoms with Crippen LogP contribution in [0, 0.1) is 18.7 Å². The van der Waals surface area contributed by atoms with Gasteiger partial charge in [0.2, 0.25) is 5.91 Å². The fraction of sp³-hybridized carbons (Fsp3) is 0.192. The second-order valence-electron chi connectivity index (χ2n) is 8.43. The van der Waals surface area contributed by atoms with Crippen LogP contribution in [0.4, 0.5) is 15.8 Å². The molecule has 0 radical (unpaired) electrons. The molecule has 1 N–H and O–H groups in total. The summed E-state index contributed by atoms with van der Waals surface area (Å²) in [4.78, 5) is 14.9. The second-order valence-corrected chi connectivity index (χ2v) is 11.1. The first-order chi connectivity index (χ1) is 16.4.